The zero-order valence-electron chi connectivity index (χ0n) is 16.2. The minimum absolute atomic E-state index is 0.331. The number of guanidine groups is 1. The van der Waals surface area contributed by atoms with Crippen LogP contribution in [0.15, 0.2) is 46.0 Å². The lowest BCUT2D eigenvalue weighted by Gasteiger charge is -2.14. The molecule has 3 rings (SSSR count). The van der Waals surface area contributed by atoms with E-state index in [9.17, 15) is 0 Å². The molecule has 28 heavy (non-hydrogen) atoms. The van der Waals surface area contributed by atoms with Crippen LogP contribution in [0, 0.1) is 0 Å². The molecule has 0 aliphatic carbocycles. The van der Waals surface area contributed by atoms with Crippen LogP contribution in [0.3, 0.4) is 0 Å². The SMILES string of the molecule is CCNC(=NCc1nc(-c2ccco2)n[nH]1)Nc1ccc(OC)c(OCC)c1. The lowest BCUT2D eigenvalue weighted by Crippen LogP contribution is -2.30. The Morgan fingerprint density at radius 3 is 2.86 bits per heavy atom. The molecule has 0 bridgehead atoms. The van der Waals surface area contributed by atoms with E-state index in [4.69, 9.17) is 13.9 Å². The Balaban J connectivity index is 1.71. The fraction of sp³-hybridized carbons (Fsp3) is 0.316. The van der Waals surface area contributed by atoms with E-state index in [-0.39, 0.29) is 0 Å². The first kappa shape index (κ1) is 19.3. The third kappa shape index (κ3) is 4.81. The van der Waals surface area contributed by atoms with Gasteiger partial charge in [-0.25, -0.2) is 9.98 Å². The topological polar surface area (TPSA) is 110 Å². The van der Waals surface area contributed by atoms with E-state index in [1.165, 1.54) is 0 Å². The number of aromatic amines is 1. The van der Waals surface area contributed by atoms with Crippen molar-refractivity contribution in [1.29, 1.82) is 0 Å². The van der Waals surface area contributed by atoms with E-state index in [2.05, 4.69) is 30.8 Å². The number of aliphatic imine (C=N–C) groups is 1. The monoisotopic (exact) mass is 384 g/mol. The number of aromatic nitrogens is 3. The van der Waals surface area contributed by atoms with E-state index in [1.807, 2.05) is 38.1 Å². The number of hydrogen-bond acceptors (Lipinski definition) is 6. The van der Waals surface area contributed by atoms with Crippen molar-refractivity contribution in [3.05, 3.63) is 42.4 Å². The van der Waals surface area contributed by atoms with Gasteiger partial charge >= 0.3 is 0 Å². The van der Waals surface area contributed by atoms with Crippen molar-refractivity contribution in [2.24, 2.45) is 4.99 Å². The van der Waals surface area contributed by atoms with Crippen molar-refractivity contribution in [3.8, 4) is 23.1 Å². The van der Waals surface area contributed by atoms with Crippen molar-refractivity contribution in [3.63, 3.8) is 0 Å². The highest BCUT2D eigenvalue weighted by atomic mass is 16.5. The molecule has 9 heteroatoms. The summed E-state index contributed by atoms with van der Waals surface area (Å²) in [7, 11) is 1.62. The summed E-state index contributed by atoms with van der Waals surface area (Å²) in [5.41, 5.74) is 0.831. The summed E-state index contributed by atoms with van der Waals surface area (Å²) in [6.45, 7) is 5.53. The van der Waals surface area contributed by atoms with Gasteiger partial charge in [-0.1, -0.05) is 0 Å². The molecule has 2 aromatic heterocycles. The minimum atomic E-state index is 0.331. The zero-order chi connectivity index (χ0) is 19.8. The summed E-state index contributed by atoms with van der Waals surface area (Å²) < 4.78 is 16.2. The highest BCUT2D eigenvalue weighted by Gasteiger charge is 2.09. The highest BCUT2D eigenvalue weighted by Crippen LogP contribution is 2.30. The standard InChI is InChI=1S/C19H24N6O3/c1-4-20-19(22-13-8-9-14(26-3)16(11-13)27-5-2)21-12-17-23-18(25-24-17)15-7-6-10-28-15/h6-11H,4-5,12H2,1-3H3,(H2,20,21,22)(H,23,24,25). The maximum absolute atomic E-state index is 5.62. The third-order valence-corrected chi connectivity index (χ3v) is 3.73. The number of furan rings is 1. The average molecular weight is 384 g/mol. The quantitative estimate of drug-likeness (QED) is 0.404. The van der Waals surface area contributed by atoms with Gasteiger partial charge in [0.25, 0.3) is 0 Å². The van der Waals surface area contributed by atoms with Gasteiger partial charge in [-0.15, -0.1) is 5.10 Å². The first-order chi connectivity index (χ1) is 13.7. The van der Waals surface area contributed by atoms with Gasteiger partial charge in [-0.05, 0) is 38.1 Å². The molecule has 0 spiro atoms. The molecule has 148 valence electrons. The Hall–Kier alpha value is -3.49. The Kier molecular flexibility index (Phi) is 6.50. The van der Waals surface area contributed by atoms with Gasteiger partial charge in [0, 0.05) is 18.3 Å². The molecular weight excluding hydrogens is 360 g/mol. The van der Waals surface area contributed by atoms with Crippen LogP contribution < -0.4 is 20.1 Å². The zero-order valence-corrected chi connectivity index (χ0v) is 16.2. The molecular formula is C19H24N6O3. The molecule has 0 saturated heterocycles. The van der Waals surface area contributed by atoms with Crippen LogP contribution in [0.4, 0.5) is 5.69 Å². The fourth-order valence-corrected chi connectivity index (χ4v) is 2.50. The second kappa shape index (κ2) is 9.45. The predicted molar refractivity (Wildman–Crippen MR) is 107 cm³/mol. The molecule has 0 saturated carbocycles. The van der Waals surface area contributed by atoms with E-state index >= 15 is 0 Å². The number of benzene rings is 1. The second-order valence-corrected chi connectivity index (χ2v) is 5.70. The molecule has 3 aromatic rings. The summed E-state index contributed by atoms with van der Waals surface area (Å²) in [6.07, 6.45) is 1.59. The minimum Gasteiger partial charge on any atom is -0.493 e. The summed E-state index contributed by atoms with van der Waals surface area (Å²) in [5.74, 6) is 3.72. The van der Waals surface area contributed by atoms with Gasteiger partial charge in [-0.2, -0.15) is 0 Å². The Morgan fingerprint density at radius 2 is 2.14 bits per heavy atom. The van der Waals surface area contributed by atoms with Gasteiger partial charge in [0.05, 0.1) is 20.0 Å². The fourth-order valence-electron chi connectivity index (χ4n) is 2.50. The lowest BCUT2D eigenvalue weighted by atomic mass is 10.2. The van der Waals surface area contributed by atoms with Gasteiger partial charge in [0.15, 0.2) is 23.2 Å². The van der Waals surface area contributed by atoms with Crippen LogP contribution in [-0.2, 0) is 6.54 Å². The number of nitrogens with one attached hydrogen (secondary N) is 3. The first-order valence-electron chi connectivity index (χ1n) is 9.04. The van der Waals surface area contributed by atoms with Crippen LogP contribution in [-0.4, -0.2) is 41.4 Å². The second-order valence-electron chi connectivity index (χ2n) is 5.70. The summed E-state index contributed by atoms with van der Waals surface area (Å²) in [6, 6.07) is 9.23. The molecule has 9 nitrogen and oxygen atoms in total. The molecule has 0 aliphatic heterocycles. The van der Waals surface area contributed by atoms with Crippen LogP contribution in [0.5, 0.6) is 11.5 Å². The molecule has 0 aliphatic rings. The van der Waals surface area contributed by atoms with Gasteiger partial charge in [0.2, 0.25) is 5.82 Å². The highest BCUT2D eigenvalue weighted by molar-refractivity contribution is 5.93. The molecule has 2 heterocycles. The molecule has 0 atom stereocenters. The molecule has 1 aromatic carbocycles. The summed E-state index contributed by atoms with van der Waals surface area (Å²) in [5, 5.41) is 13.5. The maximum atomic E-state index is 5.62. The lowest BCUT2D eigenvalue weighted by molar-refractivity contribution is 0.311. The van der Waals surface area contributed by atoms with Crippen molar-refractivity contribution < 1.29 is 13.9 Å². The smallest absolute Gasteiger partial charge is 0.216 e. The van der Waals surface area contributed by atoms with Crippen molar-refractivity contribution in [2.45, 2.75) is 20.4 Å². The summed E-state index contributed by atoms with van der Waals surface area (Å²) in [4.78, 5) is 8.94. The van der Waals surface area contributed by atoms with E-state index in [1.54, 1.807) is 19.4 Å². The normalized spacial score (nSPS) is 11.3. The summed E-state index contributed by atoms with van der Waals surface area (Å²) >= 11 is 0. The molecule has 0 amide bonds. The van der Waals surface area contributed by atoms with Crippen LogP contribution in [0.25, 0.3) is 11.6 Å². The van der Waals surface area contributed by atoms with Crippen molar-refractivity contribution in [2.75, 3.05) is 25.6 Å². The van der Waals surface area contributed by atoms with Gasteiger partial charge in [-0.3, -0.25) is 5.10 Å². The van der Waals surface area contributed by atoms with Crippen LogP contribution in [0.2, 0.25) is 0 Å². The van der Waals surface area contributed by atoms with Crippen LogP contribution in [0.1, 0.15) is 19.7 Å². The Labute approximate surface area is 163 Å². The molecule has 3 N–H and O–H groups in total. The third-order valence-electron chi connectivity index (χ3n) is 3.73. The Bertz CT molecular complexity index is 904. The maximum Gasteiger partial charge on any atom is 0.216 e. The van der Waals surface area contributed by atoms with Crippen molar-refractivity contribution in [1.82, 2.24) is 20.5 Å². The molecule has 0 unspecified atom stereocenters. The average Bonchev–Trinajstić information content (AvgIpc) is 3.38. The number of ether oxygens (including phenoxy) is 2. The van der Waals surface area contributed by atoms with E-state index in [0.717, 1.165) is 5.69 Å². The number of H-pyrrole nitrogens is 1. The number of methoxy groups -OCH3 is 1. The number of nitrogens with zero attached hydrogens (tertiary/aromatic N) is 3. The molecule has 0 fully saturated rings. The largest absolute Gasteiger partial charge is 0.493 e. The number of rotatable bonds is 8. The molecule has 0 radical (unpaired) electrons. The van der Waals surface area contributed by atoms with Gasteiger partial charge in [0.1, 0.15) is 12.4 Å². The predicted octanol–water partition coefficient (Wildman–Crippen LogP) is 3.05. The number of anilines is 1. The van der Waals surface area contributed by atoms with Crippen molar-refractivity contribution >= 4 is 11.6 Å². The van der Waals surface area contributed by atoms with E-state index in [0.29, 0.717) is 54.6 Å². The Morgan fingerprint density at radius 1 is 1.25 bits per heavy atom. The van der Waals surface area contributed by atoms with Gasteiger partial charge < -0.3 is 24.5 Å². The van der Waals surface area contributed by atoms with E-state index < -0.39 is 0 Å². The van der Waals surface area contributed by atoms with Crippen LogP contribution >= 0.6 is 0 Å². The number of hydrogen-bond donors (Lipinski definition) is 3. The first-order valence-corrected chi connectivity index (χ1v) is 9.04.